The van der Waals surface area contributed by atoms with Crippen LogP contribution in [-0.4, -0.2) is 52.2 Å². The van der Waals surface area contributed by atoms with Gasteiger partial charge in [0.1, 0.15) is 5.69 Å². The summed E-state index contributed by atoms with van der Waals surface area (Å²) < 4.78 is 11.1. The minimum absolute atomic E-state index is 0.656. The summed E-state index contributed by atoms with van der Waals surface area (Å²) in [6.07, 6.45) is 8.49. The summed E-state index contributed by atoms with van der Waals surface area (Å²) in [5, 5.41) is 4.01. The van der Waals surface area contributed by atoms with Gasteiger partial charge in [0.25, 0.3) is 0 Å². The predicted octanol–water partition coefficient (Wildman–Crippen LogP) is 4.40. The second-order valence-electron chi connectivity index (χ2n) is 8.68. The Bertz CT molecular complexity index is 967. The summed E-state index contributed by atoms with van der Waals surface area (Å²) in [5.74, 6) is 3.00. The normalized spacial score (nSPS) is 19.5. The number of nitrogens with zero attached hydrogens (tertiary/aromatic N) is 5. The van der Waals surface area contributed by atoms with Gasteiger partial charge in [-0.3, -0.25) is 0 Å². The zero-order chi connectivity index (χ0) is 20.5. The summed E-state index contributed by atoms with van der Waals surface area (Å²) in [6.45, 7) is 8.73. The third-order valence-corrected chi connectivity index (χ3v) is 6.51. The van der Waals surface area contributed by atoms with E-state index >= 15 is 0 Å². The molecule has 2 fully saturated rings. The molecule has 2 aliphatic heterocycles. The maximum atomic E-state index is 5.66. The Morgan fingerprint density at radius 1 is 1.03 bits per heavy atom. The number of piperidine rings is 2. The Morgan fingerprint density at radius 3 is 2.50 bits per heavy atom. The first-order chi connectivity index (χ1) is 14.7. The number of rotatable bonds is 4. The summed E-state index contributed by atoms with van der Waals surface area (Å²) in [5.41, 5.74) is 2.37. The van der Waals surface area contributed by atoms with E-state index < -0.39 is 0 Å². The lowest BCUT2D eigenvalue weighted by molar-refractivity contribution is 0.120. The average molecular weight is 408 g/mol. The highest BCUT2D eigenvalue weighted by Gasteiger charge is 2.28. The molecule has 0 unspecified atom stereocenters. The molecule has 3 aromatic rings. The van der Waals surface area contributed by atoms with Gasteiger partial charge in [0.05, 0.1) is 17.5 Å². The molecule has 0 spiro atoms. The molecule has 0 radical (unpaired) electrons. The van der Waals surface area contributed by atoms with Crippen LogP contribution in [0.3, 0.4) is 0 Å². The van der Waals surface area contributed by atoms with Crippen LogP contribution >= 0.6 is 0 Å². The number of anilines is 1. The van der Waals surface area contributed by atoms with Crippen molar-refractivity contribution in [1.29, 1.82) is 0 Å². The largest absolute Gasteiger partial charge is 0.463 e. The van der Waals surface area contributed by atoms with Crippen LogP contribution in [0.5, 0.6) is 0 Å². The molecular weight excluding hydrogens is 378 g/mol. The van der Waals surface area contributed by atoms with Gasteiger partial charge in [0, 0.05) is 31.4 Å². The lowest BCUT2D eigenvalue weighted by Gasteiger charge is -2.41. The van der Waals surface area contributed by atoms with E-state index in [1.165, 1.54) is 25.9 Å². The van der Waals surface area contributed by atoms with Crippen molar-refractivity contribution in [3.8, 4) is 22.8 Å². The minimum Gasteiger partial charge on any atom is -0.463 e. The van der Waals surface area contributed by atoms with Crippen molar-refractivity contribution in [2.75, 3.05) is 31.1 Å². The number of likely N-dealkylation sites (tertiary alicyclic amines) is 1. The van der Waals surface area contributed by atoms with Gasteiger partial charge in [-0.15, -0.1) is 0 Å². The molecule has 0 amide bonds. The van der Waals surface area contributed by atoms with Gasteiger partial charge in [-0.25, -0.2) is 9.97 Å². The van der Waals surface area contributed by atoms with E-state index in [2.05, 4.69) is 26.9 Å². The van der Waals surface area contributed by atoms with Crippen LogP contribution in [0.15, 0.2) is 39.6 Å². The SMILES string of the molecule is Cc1cc(-c2cnc(N3CCC(N4CCC(C)CC4)CC3)nc2-c2ccco2)on1. The van der Waals surface area contributed by atoms with Crippen LogP contribution in [0.1, 0.15) is 38.3 Å². The van der Waals surface area contributed by atoms with Crippen LogP contribution in [-0.2, 0) is 0 Å². The number of aryl methyl sites for hydroxylation is 1. The van der Waals surface area contributed by atoms with Gasteiger partial charge in [-0.2, -0.15) is 0 Å². The second-order valence-corrected chi connectivity index (χ2v) is 8.68. The van der Waals surface area contributed by atoms with Crippen molar-refractivity contribution in [1.82, 2.24) is 20.0 Å². The van der Waals surface area contributed by atoms with Gasteiger partial charge in [-0.05, 0) is 63.7 Å². The van der Waals surface area contributed by atoms with Gasteiger partial charge in [0.15, 0.2) is 11.5 Å². The molecule has 30 heavy (non-hydrogen) atoms. The fraction of sp³-hybridized carbons (Fsp3) is 0.522. The highest BCUT2D eigenvalue weighted by atomic mass is 16.5. The molecule has 0 atom stereocenters. The summed E-state index contributed by atoms with van der Waals surface area (Å²) in [7, 11) is 0. The molecule has 2 aliphatic rings. The zero-order valence-corrected chi connectivity index (χ0v) is 17.8. The maximum absolute atomic E-state index is 5.66. The third-order valence-electron chi connectivity index (χ3n) is 6.51. The van der Waals surface area contributed by atoms with E-state index in [0.29, 0.717) is 17.6 Å². The monoisotopic (exact) mass is 407 g/mol. The molecule has 7 heteroatoms. The highest BCUT2D eigenvalue weighted by molar-refractivity contribution is 5.75. The van der Waals surface area contributed by atoms with E-state index in [1.807, 2.05) is 31.3 Å². The topological polar surface area (TPSA) is 71.4 Å². The summed E-state index contributed by atoms with van der Waals surface area (Å²) >= 11 is 0. The third kappa shape index (κ3) is 3.86. The number of hydrogen-bond donors (Lipinski definition) is 0. The molecule has 0 N–H and O–H groups in total. The van der Waals surface area contributed by atoms with E-state index in [1.54, 1.807) is 6.26 Å². The Balaban J connectivity index is 1.35. The first-order valence-electron chi connectivity index (χ1n) is 11.0. The highest BCUT2D eigenvalue weighted by Crippen LogP contribution is 2.33. The van der Waals surface area contributed by atoms with Crippen LogP contribution in [0, 0.1) is 12.8 Å². The maximum Gasteiger partial charge on any atom is 0.226 e. The lowest BCUT2D eigenvalue weighted by atomic mass is 9.95. The number of hydrogen-bond acceptors (Lipinski definition) is 7. The molecule has 158 valence electrons. The van der Waals surface area contributed by atoms with Crippen LogP contribution in [0.4, 0.5) is 5.95 Å². The Hall–Kier alpha value is -2.67. The average Bonchev–Trinajstić information content (AvgIpc) is 3.46. The van der Waals surface area contributed by atoms with Gasteiger partial charge < -0.3 is 18.7 Å². The van der Waals surface area contributed by atoms with Crippen molar-refractivity contribution in [2.45, 2.75) is 45.6 Å². The van der Waals surface area contributed by atoms with Crippen molar-refractivity contribution < 1.29 is 8.94 Å². The van der Waals surface area contributed by atoms with Gasteiger partial charge in [0.2, 0.25) is 5.95 Å². The van der Waals surface area contributed by atoms with Crippen LogP contribution < -0.4 is 4.90 Å². The van der Waals surface area contributed by atoms with Crippen molar-refractivity contribution in [2.24, 2.45) is 5.92 Å². The van der Waals surface area contributed by atoms with Crippen molar-refractivity contribution in [3.05, 3.63) is 36.4 Å². The zero-order valence-electron chi connectivity index (χ0n) is 17.8. The smallest absolute Gasteiger partial charge is 0.226 e. The molecule has 0 saturated carbocycles. The van der Waals surface area contributed by atoms with Crippen LogP contribution in [0.2, 0.25) is 0 Å². The standard InChI is InChI=1S/C23H29N5O2/c1-16-5-9-27(10-6-16)18-7-11-28(12-8-18)23-24-15-19(21-14-17(2)26-30-21)22(25-23)20-4-3-13-29-20/h3-4,13-16,18H,5-12H2,1-2H3. The Morgan fingerprint density at radius 2 is 1.83 bits per heavy atom. The first kappa shape index (κ1) is 19.3. The molecule has 5 heterocycles. The molecule has 0 aliphatic carbocycles. The fourth-order valence-corrected chi connectivity index (χ4v) is 4.62. The summed E-state index contributed by atoms with van der Waals surface area (Å²) in [6, 6.07) is 6.38. The quantitative estimate of drug-likeness (QED) is 0.635. The Kier molecular flexibility index (Phi) is 5.29. The predicted molar refractivity (Wildman–Crippen MR) is 115 cm³/mol. The van der Waals surface area contributed by atoms with Crippen molar-refractivity contribution in [3.63, 3.8) is 0 Å². The second kappa shape index (κ2) is 8.22. The molecule has 0 aromatic carbocycles. The molecule has 7 nitrogen and oxygen atoms in total. The van der Waals surface area contributed by atoms with E-state index in [-0.39, 0.29) is 0 Å². The minimum atomic E-state index is 0.656. The molecule has 0 bridgehead atoms. The lowest BCUT2D eigenvalue weighted by Crippen LogP contribution is -2.48. The number of aromatic nitrogens is 3. The van der Waals surface area contributed by atoms with Crippen molar-refractivity contribution >= 4 is 5.95 Å². The fourth-order valence-electron chi connectivity index (χ4n) is 4.62. The van der Waals surface area contributed by atoms with E-state index in [0.717, 1.165) is 54.7 Å². The molecule has 2 saturated heterocycles. The van der Waals surface area contributed by atoms with Gasteiger partial charge >= 0.3 is 0 Å². The molecular formula is C23H29N5O2. The van der Waals surface area contributed by atoms with Gasteiger partial charge in [-0.1, -0.05) is 12.1 Å². The summed E-state index contributed by atoms with van der Waals surface area (Å²) in [4.78, 5) is 14.6. The molecule has 3 aromatic heterocycles. The van der Waals surface area contributed by atoms with E-state index in [4.69, 9.17) is 13.9 Å². The first-order valence-corrected chi connectivity index (χ1v) is 11.0. The Labute approximate surface area is 177 Å². The van der Waals surface area contributed by atoms with E-state index in [9.17, 15) is 0 Å². The van der Waals surface area contributed by atoms with Crippen LogP contribution in [0.25, 0.3) is 22.8 Å². The number of furan rings is 1. The molecule has 5 rings (SSSR count).